The molecule has 0 radical (unpaired) electrons. The molecule has 144 valence electrons. The predicted molar refractivity (Wildman–Crippen MR) is 108 cm³/mol. The molecule has 1 aliphatic heterocycles. The minimum atomic E-state index is -0.359. The first-order valence-electron chi connectivity index (χ1n) is 8.91. The topological polar surface area (TPSA) is 72.6 Å². The number of hydrogen-bond acceptors (Lipinski definition) is 6. The van der Waals surface area contributed by atoms with E-state index in [1.807, 2.05) is 25.1 Å². The van der Waals surface area contributed by atoms with Crippen molar-refractivity contribution in [3.05, 3.63) is 40.2 Å². The second-order valence-corrected chi connectivity index (χ2v) is 8.09. The first-order valence-corrected chi connectivity index (χ1v) is 10.1. The number of halogens is 1. The summed E-state index contributed by atoms with van der Waals surface area (Å²) in [7, 11) is 0. The fraction of sp³-hybridized carbons (Fsp3) is 0.250. The van der Waals surface area contributed by atoms with Crippen LogP contribution in [0.5, 0.6) is 5.88 Å². The molecule has 1 amide bonds. The molecule has 2 aromatic heterocycles. The van der Waals surface area contributed by atoms with E-state index in [0.29, 0.717) is 35.4 Å². The lowest BCUT2D eigenvalue weighted by molar-refractivity contribution is -0.134. The minimum absolute atomic E-state index is 0.141. The zero-order valence-corrected chi connectivity index (χ0v) is 16.7. The van der Waals surface area contributed by atoms with E-state index in [-0.39, 0.29) is 11.8 Å². The summed E-state index contributed by atoms with van der Waals surface area (Å²) in [6.07, 6.45) is 2.59. The zero-order chi connectivity index (χ0) is 19.7. The van der Waals surface area contributed by atoms with Gasteiger partial charge < -0.3 is 14.1 Å². The van der Waals surface area contributed by atoms with Crippen LogP contribution in [0.15, 0.2) is 34.7 Å². The van der Waals surface area contributed by atoms with Crippen LogP contribution >= 0.6 is 22.9 Å². The number of nitrogens with zero attached hydrogens (tertiary/aromatic N) is 2. The van der Waals surface area contributed by atoms with E-state index in [2.05, 4.69) is 4.98 Å². The summed E-state index contributed by atoms with van der Waals surface area (Å²) < 4.78 is 12.0. The number of rotatable bonds is 6. The van der Waals surface area contributed by atoms with Crippen molar-refractivity contribution >= 4 is 41.0 Å². The second-order valence-electron chi connectivity index (χ2n) is 6.37. The Labute approximate surface area is 170 Å². The molecule has 1 aliphatic rings. The van der Waals surface area contributed by atoms with Gasteiger partial charge in [0.15, 0.2) is 0 Å². The van der Waals surface area contributed by atoms with Gasteiger partial charge in [0.25, 0.3) is 5.88 Å². The number of hydrogen-bond donors (Lipinski definition) is 0. The first-order chi connectivity index (χ1) is 13.6. The van der Waals surface area contributed by atoms with Crippen molar-refractivity contribution in [2.75, 3.05) is 11.4 Å². The second kappa shape index (κ2) is 7.77. The van der Waals surface area contributed by atoms with Gasteiger partial charge in [-0.25, -0.2) is 0 Å². The number of thiophene rings is 1. The summed E-state index contributed by atoms with van der Waals surface area (Å²) in [5.74, 6) is 0.515. The number of anilines is 1. The third-order valence-electron chi connectivity index (χ3n) is 4.44. The fourth-order valence-electron chi connectivity index (χ4n) is 3.12. The quantitative estimate of drug-likeness (QED) is 0.420. The Bertz CT molecular complexity index is 1040. The maximum atomic E-state index is 12.0. The molecule has 0 N–H and O–H groups in total. The smallest absolute Gasteiger partial charge is 0.312 e. The van der Waals surface area contributed by atoms with Crippen LogP contribution in [0, 0.1) is 0 Å². The number of fused-ring (bicyclic) bond motifs is 1. The molecular formula is C20H17ClN2O4S. The van der Waals surface area contributed by atoms with Gasteiger partial charge in [-0.05, 0) is 48.7 Å². The van der Waals surface area contributed by atoms with E-state index >= 15 is 0 Å². The highest BCUT2D eigenvalue weighted by Gasteiger charge is 2.24. The van der Waals surface area contributed by atoms with Gasteiger partial charge in [0.1, 0.15) is 0 Å². The van der Waals surface area contributed by atoms with E-state index in [1.54, 1.807) is 17.0 Å². The summed E-state index contributed by atoms with van der Waals surface area (Å²) in [4.78, 5) is 30.0. The van der Waals surface area contributed by atoms with Crippen LogP contribution in [0.2, 0.25) is 4.34 Å². The third kappa shape index (κ3) is 3.55. The van der Waals surface area contributed by atoms with Crippen LogP contribution in [0.25, 0.3) is 22.1 Å². The van der Waals surface area contributed by atoms with Gasteiger partial charge in [-0.3, -0.25) is 9.59 Å². The molecule has 0 fully saturated rings. The number of esters is 1. The molecule has 3 heterocycles. The van der Waals surface area contributed by atoms with Crippen LogP contribution in [0.4, 0.5) is 5.69 Å². The van der Waals surface area contributed by atoms with Gasteiger partial charge in [-0.1, -0.05) is 18.5 Å². The van der Waals surface area contributed by atoms with Crippen LogP contribution in [-0.4, -0.2) is 23.9 Å². The van der Waals surface area contributed by atoms with Crippen molar-refractivity contribution < 1.29 is 18.7 Å². The average molecular weight is 417 g/mol. The van der Waals surface area contributed by atoms with Crippen molar-refractivity contribution in [2.24, 2.45) is 0 Å². The molecule has 28 heavy (non-hydrogen) atoms. The number of benzene rings is 1. The van der Waals surface area contributed by atoms with Crippen LogP contribution < -0.4 is 9.64 Å². The fourth-order valence-corrected chi connectivity index (χ4v) is 4.14. The molecule has 0 saturated carbocycles. The lowest BCUT2D eigenvalue weighted by Crippen LogP contribution is -2.17. The average Bonchev–Trinajstić information content (AvgIpc) is 3.39. The zero-order valence-electron chi connectivity index (χ0n) is 15.1. The van der Waals surface area contributed by atoms with Crippen LogP contribution in [-0.2, 0) is 16.0 Å². The standard InChI is InChI=1S/C20H17ClN2O4S/c1-2-3-17(25)26-20-18(15-6-7-16(21)28-15)27-19(22-20)13-4-5-14-12(10-13)8-9-23(14)11-24/h4-7,10-11H,2-3,8-9H2,1H3. The van der Waals surface area contributed by atoms with E-state index in [1.165, 1.54) is 11.3 Å². The van der Waals surface area contributed by atoms with Gasteiger partial charge in [0.2, 0.25) is 18.1 Å². The van der Waals surface area contributed by atoms with Crippen molar-refractivity contribution in [3.8, 4) is 28.0 Å². The lowest BCUT2D eigenvalue weighted by atomic mass is 10.1. The molecule has 4 rings (SSSR count). The summed E-state index contributed by atoms with van der Waals surface area (Å²) in [6.45, 7) is 2.56. The predicted octanol–water partition coefficient (Wildman–Crippen LogP) is 4.95. The Kier molecular flexibility index (Phi) is 5.19. The van der Waals surface area contributed by atoms with E-state index in [0.717, 1.165) is 34.5 Å². The highest BCUT2D eigenvalue weighted by atomic mass is 35.5. The Balaban J connectivity index is 1.73. The summed E-state index contributed by atoms with van der Waals surface area (Å²) in [6, 6.07) is 9.23. The molecule has 0 aliphatic carbocycles. The van der Waals surface area contributed by atoms with Gasteiger partial charge in [-0.15, -0.1) is 11.3 Å². The van der Waals surface area contributed by atoms with Gasteiger partial charge >= 0.3 is 5.97 Å². The Morgan fingerprint density at radius 1 is 1.39 bits per heavy atom. The molecule has 0 saturated heterocycles. The van der Waals surface area contributed by atoms with Gasteiger partial charge in [0, 0.05) is 24.2 Å². The van der Waals surface area contributed by atoms with Crippen LogP contribution in [0.3, 0.4) is 0 Å². The molecule has 1 aromatic carbocycles. The number of oxazole rings is 1. The van der Waals surface area contributed by atoms with E-state index in [9.17, 15) is 9.59 Å². The molecular weight excluding hydrogens is 400 g/mol. The number of amides is 1. The molecule has 6 nitrogen and oxygen atoms in total. The van der Waals surface area contributed by atoms with Crippen molar-refractivity contribution in [3.63, 3.8) is 0 Å². The number of carbonyl (C=O) groups excluding carboxylic acids is 2. The normalized spacial score (nSPS) is 12.9. The Hall–Kier alpha value is -2.64. The third-order valence-corrected chi connectivity index (χ3v) is 5.67. The molecule has 0 atom stereocenters. The summed E-state index contributed by atoms with van der Waals surface area (Å²) >= 11 is 7.37. The van der Waals surface area contributed by atoms with E-state index in [4.69, 9.17) is 20.8 Å². The Morgan fingerprint density at radius 2 is 2.25 bits per heavy atom. The Morgan fingerprint density at radius 3 is 2.96 bits per heavy atom. The van der Waals surface area contributed by atoms with Gasteiger partial charge in [-0.2, -0.15) is 4.98 Å². The van der Waals surface area contributed by atoms with Crippen molar-refractivity contribution in [2.45, 2.75) is 26.2 Å². The van der Waals surface area contributed by atoms with Crippen molar-refractivity contribution in [1.82, 2.24) is 4.98 Å². The maximum absolute atomic E-state index is 12.0. The minimum Gasteiger partial charge on any atom is -0.431 e. The number of carbonyl (C=O) groups is 2. The largest absolute Gasteiger partial charge is 0.431 e. The summed E-state index contributed by atoms with van der Waals surface area (Å²) in [5.41, 5.74) is 2.70. The lowest BCUT2D eigenvalue weighted by Gasteiger charge is -2.09. The number of aromatic nitrogens is 1. The van der Waals surface area contributed by atoms with Gasteiger partial charge in [0.05, 0.1) is 9.21 Å². The number of ether oxygens (including phenoxy) is 1. The summed E-state index contributed by atoms with van der Waals surface area (Å²) in [5, 5.41) is 0. The highest BCUT2D eigenvalue weighted by molar-refractivity contribution is 7.19. The molecule has 0 bridgehead atoms. The molecule has 0 spiro atoms. The first kappa shape index (κ1) is 18.7. The SMILES string of the molecule is CCCC(=O)Oc1nc(-c2ccc3c(c2)CCN3C=O)oc1-c1ccc(Cl)s1. The van der Waals surface area contributed by atoms with Crippen LogP contribution in [0.1, 0.15) is 25.3 Å². The van der Waals surface area contributed by atoms with E-state index < -0.39 is 0 Å². The van der Waals surface area contributed by atoms with Crippen molar-refractivity contribution in [1.29, 1.82) is 0 Å². The molecule has 3 aromatic rings. The maximum Gasteiger partial charge on any atom is 0.312 e. The molecule has 8 heteroatoms. The monoisotopic (exact) mass is 416 g/mol. The molecule has 0 unspecified atom stereocenters. The highest BCUT2D eigenvalue weighted by Crippen LogP contribution is 2.40.